The number of nitrogens with zero attached hydrogens (tertiary/aromatic N) is 1. The van der Waals surface area contributed by atoms with Gasteiger partial charge in [0.05, 0.1) is 6.04 Å². The predicted molar refractivity (Wildman–Crippen MR) is 128 cm³/mol. The number of piperidine rings is 2. The highest BCUT2D eigenvalue weighted by molar-refractivity contribution is 5.99. The SMILES string of the molecule is C=CC(=O)[C@H](C[C@@H]1CCCNC1=O)NC(=O)[C@@H]1[C@@H]2[C@H](CN1C(=O)CNC(=O)OC(C)(C)C)C2(C)C. The molecule has 0 spiro atoms. The number of rotatable bonds is 8. The number of ether oxygens (including phenoxy) is 1. The highest BCUT2D eigenvalue weighted by Gasteiger charge is 2.69. The molecule has 0 aromatic carbocycles. The third kappa shape index (κ3) is 6.02. The summed E-state index contributed by atoms with van der Waals surface area (Å²) in [5, 5.41) is 8.06. The zero-order chi connectivity index (χ0) is 26.1. The van der Waals surface area contributed by atoms with E-state index in [0.29, 0.717) is 19.5 Å². The van der Waals surface area contributed by atoms with Gasteiger partial charge in [-0.3, -0.25) is 19.2 Å². The molecule has 4 amide bonds. The second kappa shape index (κ2) is 9.99. The van der Waals surface area contributed by atoms with Crippen LogP contribution in [0, 0.1) is 23.2 Å². The smallest absolute Gasteiger partial charge is 0.408 e. The maximum atomic E-state index is 13.5. The van der Waals surface area contributed by atoms with Gasteiger partial charge in [0.1, 0.15) is 18.2 Å². The van der Waals surface area contributed by atoms with Crippen LogP contribution in [0.4, 0.5) is 4.79 Å². The highest BCUT2D eigenvalue weighted by Crippen LogP contribution is 2.64. The fourth-order valence-electron chi connectivity index (χ4n) is 5.40. The van der Waals surface area contributed by atoms with E-state index in [4.69, 9.17) is 4.74 Å². The van der Waals surface area contributed by atoms with Crippen molar-refractivity contribution in [1.29, 1.82) is 0 Å². The Morgan fingerprint density at radius 1 is 1.29 bits per heavy atom. The van der Waals surface area contributed by atoms with Crippen LogP contribution in [-0.2, 0) is 23.9 Å². The monoisotopic (exact) mass is 490 g/mol. The largest absolute Gasteiger partial charge is 0.444 e. The zero-order valence-electron chi connectivity index (χ0n) is 21.3. The maximum Gasteiger partial charge on any atom is 0.408 e. The van der Waals surface area contributed by atoms with Crippen LogP contribution >= 0.6 is 0 Å². The van der Waals surface area contributed by atoms with Gasteiger partial charge in [-0.2, -0.15) is 0 Å². The molecule has 1 saturated carbocycles. The summed E-state index contributed by atoms with van der Waals surface area (Å²) < 4.78 is 5.18. The fourth-order valence-corrected chi connectivity index (χ4v) is 5.40. The number of amides is 4. The Hall–Kier alpha value is -2.91. The van der Waals surface area contributed by atoms with Crippen LogP contribution in [0.5, 0.6) is 0 Å². The van der Waals surface area contributed by atoms with Crippen LogP contribution in [0.1, 0.15) is 53.9 Å². The van der Waals surface area contributed by atoms with E-state index < -0.39 is 35.6 Å². The lowest BCUT2D eigenvalue weighted by Gasteiger charge is -2.32. The van der Waals surface area contributed by atoms with Crippen molar-refractivity contribution in [1.82, 2.24) is 20.9 Å². The molecule has 2 saturated heterocycles. The summed E-state index contributed by atoms with van der Waals surface area (Å²) in [6.07, 6.45) is 2.08. The molecule has 0 aromatic rings. The molecule has 10 heteroatoms. The number of carbonyl (C=O) groups excluding carboxylic acids is 5. The predicted octanol–water partition coefficient (Wildman–Crippen LogP) is 1.15. The average Bonchev–Trinajstić information content (AvgIpc) is 3.10. The van der Waals surface area contributed by atoms with Gasteiger partial charge in [-0.1, -0.05) is 20.4 Å². The molecule has 1 aliphatic carbocycles. The van der Waals surface area contributed by atoms with E-state index in [0.717, 1.165) is 12.5 Å². The summed E-state index contributed by atoms with van der Waals surface area (Å²) in [5.41, 5.74) is -0.810. The minimum Gasteiger partial charge on any atom is -0.444 e. The highest BCUT2D eigenvalue weighted by atomic mass is 16.6. The molecule has 3 fully saturated rings. The molecule has 194 valence electrons. The Morgan fingerprint density at radius 2 is 1.97 bits per heavy atom. The normalized spacial score (nSPS) is 27.7. The van der Waals surface area contributed by atoms with Crippen LogP contribution < -0.4 is 16.0 Å². The van der Waals surface area contributed by atoms with E-state index in [1.54, 1.807) is 20.8 Å². The summed E-state index contributed by atoms with van der Waals surface area (Å²) in [4.78, 5) is 64.7. The van der Waals surface area contributed by atoms with Crippen molar-refractivity contribution in [2.24, 2.45) is 23.2 Å². The van der Waals surface area contributed by atoms with Gasteiger partial charge in [0.2, 0.25) is 17.7 Å². The molecule has 0 unspecified atom stereocenters. The van der Waals surface area contributed by atoms with Gasteiger partial charge in [0.25, 0.3) is 0 Å². The van der Waals surface area contributed by atoms with E-state index in [-0.39, 0.29) is 47.8 Å². The molecule has 2 heterocycles. The molecular weight excluding hydrogens is 452 g/mol. The third-order valence-corrected chi connectivity index (χ3v) is 7.36. The Balaban J connectivity index is 1.69. The van der Waals surface area contributed by atoms with Crippen molar-refractivity contribution in [3.05, 3.63) is 12.7 Å². The van der Waals surface area contributed by atoms with Crippen molar-refractivity contribution in [3.63, 3.8) is 0 Å². The molecule has 2 aliphatic heterocycles. The Kier molecular flexibility index (Phi) is 7.62. The number of fused-ring (bicyclic) bond motifs is 1. The first-order valence-corrected chi connectivity index (χ1v) is 12.3. The van der Waals surface area contributed by atoms with E-state index in [1.165, 1.54) is 4.90 Å². The Bertz CT molecular complexity index is 908. The lowest BCUT2D eigenvalue weighted by atomic mass is 9.89. The maximum absolute atomic E-state index is 13.5. The Labute approximate surface area is 206 Å². The number of likely N-dealkylation sites (tertiary alicyclic amines) is 1. The van der Waals surface area contributed by atoms with E-state index in [1.807, 2.05) is 0 Å². The zero-order valence-corrected chi connectivity index (χ0v) is 21.3. The average molecular weight is 491 g/mol. The second-order valence-corrected chi connectivity index (χ2v) is 11.3. The van der Waals surface area contributed by atoms with Crippen molar-refractivity contribution in [2.75, 3.05) is 19.6 Å². The molecule has 3 rings (SSSR count). The summed E-state index contributed by atoms with van der Waals surface area (Å²) in [6, 6.07) is -1.66. The van der Waals surface area contributed by atoms with E-state index >= 15 is 0 Å². The van der Waals surface area contributed by atoms with Crippen LogP contribution in [0.3, 0.4) is 0 Å². The first kappa shape index (κ1) is 26.7. The minimum absolute atomic E-state index is 0.0505. The van der Waals surface area contributed by atoms with Gasteiger partial charge in [-0.05, 0) is 63.4 Å². The first-order valence-electron chi connectivity index (χ1n) is 12.3. The third-order valence-electron chi connectivity index (χ3n) is 7.36. The quantitative estimate of drug-likeness (QED) is 0.437. The standard InChI is InChI=1S/C25H38N4O6/c1-7-17(30)16(11-14-9-8-10-26-21(14)32)28-22(33)20-19-15(25(19,5)6)13-29(20)18(31)12-27-23(34)35-24(2,3)4/h7,14-16,19-20H,1,8-13H2,2-6H3,(H,26,32)(H,27,34)(H,28,33)/t14-,15-,16-,19-,20-/m0/s1. The van der Waals surface area contributed by atoms with Crippen molar-refractivity contribution < 1.29 is 28.7 Å². The fraction of sp³-hybridized carbons (Fsp3) is 0.720. The van der Waals surface area contributed by atoms with Crippen molar-refractivity contribution in [3.8, 4) is 0 Å². The van der Waals surface area contributed by atoms with Gasteiger partial charge in [0.15, 0.2) is 5.78 Å². The number of nitrogens with one attached hydrogen (secondary N) is 3. The number of hydrogen-bond donors (Lipinski definition) is 3. The van der Waals surface area contributed by atoms with Crippen molar-refractivity contribution in [2.45, 2.75) is 71.6 Å². The topological polar surface area (TPSA) is 134 Å². The molecule has 3 aliphatic rings. The summed E-state index contributed by atoms with van der Waals surface area (Å²) >= 11 is 0. The number of carbonyl (C=O) groups is 5. The molecule has 35 heavy (non-hydrogen) atoms. The van der Waals surface area contributed by atoms with Gasteiger partial charge in [-0.25, -0.2) is 4.79 Å². The molecule has 0 aromatic heterocycles. The molecule has 0 radical (unpaired) electrons. The molecule has 0 bridgehead atoms. The van der Waals surface area contributed by atoms with Crippen LogP contribution in [-0.4, -0.2) is 71.8 Å². The molecule has 3 N–H and O–H groups in total. The lowest BCUT2D eigenvalue weighted by Crippen LogP contribution is -2.55. The van der Waals surface area contributed by atoms with E-state index in [2.05, 4.69) is 36.4 Å². The minimum atomic E-state index is -0.897. The molecule has 10 nitrogen and oxygen atoms in total. The van der Waals surface area contributed by atoms with Gasteiger partial charge in [0, 0.05) is 19.0 Å². The van der Waals surface area contributed by atoms with Crippen LogP contribution in [0.15, 0.2) is 12.7 Å². The summed E-state index contributed by atoms with van der Waals surface area (Å²) in [6.45, 7) is 13.5. The summed E-state index contributed by atoms with van der Waals surface area (Å²) in [5.74, 6) is -1.58. The molecule has 5 atom stereocenters. The lowest BCUT2D eigenvalue weighted by molar-refractivity contribution is -0.140. The number of hydrogen-bond acceptors (Lipinski definition) is 6. The first-order chi connectivity index (χ1) is 16.3. The van der Waals surface area contributed by atoms with Gasteiger partial charge < -0.3 is 25.6 Å². The summed E-state index contributed by atoms with van der Waals surface area (Å²) in [7, 11) is 0. The van der Waals surface area contributed by atoms with Crippen molar-refractivity contribution >= 4 is 29.6 Å². The van der Waals surface area contributed by atoms with Gasteiger partial charge >= 0.3 is 6.09 Å². The molecular formula is C25H38N4O6. The number of alkyl carbamates (subject to hydrolysis) is 1. The number of ketones is 1. The van der Waals surface area contributed by atoms with E-state index in [9.17, 15) is 24.0 Å². The van der Waals surface area contributed by atoms with Crippen LogP contribution in [0.2, 0.25) is 0 Å². The second-order valence-electron chi connectivity index (χ2n) is 11.3. The van der Waals surface area contributed by atoms with Gasteiger partial charge in [-0.15, -0.1) is 0 Å². The Morgan fingerprint density at radius 3 is 2.57 bits per heavy atom. The van der Waals surface area contributed by atoms with Crippen LogP contribution in [0.25, 0.3) is 0 Å².